The number of aromatic hydroxyl groups is 2. The predicted molar refractivity (Wildman–Crippen MR) is 39.7 cm³/mol. The fourth-order valence-electron chi connectivity index (χ4n) is 1.07. The van der Waals surface area contributed by atoms with Crippen LogP contribution in [0.2, 0.25) is 0 Å². The van der Waals surface area contributed by atoms with Crippen LogP contribution in [0.25, 0.3) is 0 Å². The molecular weight excluding hydrogens is 204 g/mol. The average Bonchev–Trinajstić information content (AvgIpc) is 2.07. The number of hydrogen-bond acceptors (Lipinski definition) is 2. The van der Waals surface area contributed by atoms with Crippen molar-refractivity contribution in [2.75, 3.05) is 0 Å². The molecule has 0 aliphatic carbocycles. The van der Waals surface area contributed by atoms with E-state index in [9.17, 15) is 17.6 Å². The number of phenolic OH excluding ortho intramolecular Hbond substituents is 2. The lowest BCUT2D eigenvalue weighted by molar-refractivity contribution is 0.118. The van der Waals surface area contributed by atoms with Crippen LogP contribution in [0.3, 0.4) is 0 Å². The number of alkyl halides is 4. The fourth-order valence-corrected chi connectivity index (χ4v) is 1.07. The number of rotatable bonds is 2. The molecule has 0 saturated heterocycles. The largest absolute Gasteiger partial charge is 0.507 e. The van der Waals surface area contributed by atoms with Crippen molar-refractivity contribution in [1.29, 1.82) is 0 Å². The molecule has 0 amide bonds. The molecule has 0 unspecified atom stereocenters. The Hall–Kier alpha value is -1.46. The van der Waals surface area contributed by atoms with E-state index in [1.807, 2.05) is 0 Å². The Morgan fingerprint density at radius 2 is 1.07 bits per heavy atom. The van der Waals surface area contributed by atoms with Crippen molar-refractivity contribution in [2.45, 2.75) is 12.9 Å². The molecule has 0 aliphatic heterocycles. The van der Waals surface area contributed by atoms with Crippen molar-refractivity contribution in [3.05, 3.63) is 23.3 Å². The zero-order chi connectivity index (χ0) is 10.9. The summed E-state index contributed by atoms with van der Waals surface area (Å²) in [6, 6.07) is 1.48. The number of phenols is 2. The van der Waals surface area contributed by atoms with Crippen LogP contribution in [0.4, 0.5) is 17.6 Å². The Morgan fingerprint density at radius 1 is 0.786 bits per heavy atom. The normalized spacial score (nSPS) is 11.3. The van der Waals surface area contributed by atoms with Crippen molar-refractivity contribution in [3.63, 3.8) is 0 Å². The Balaban J connectivity index is 3.42. The first-order valence-electron chi connectivity index (χ1n) is 3.56. The molecule has 14 heavy (non-hydrogen) atoms. The molecule has 1 rings (SSSR count). The van der Waals surface area contributed by atoms with Gasteiger partial charge in [-0.25, -0.2) is 17.6 Å². The summed E-state index contributed by atoms with van der Waals surface area (Å²) in [5.74, 6) is -1.90. The zero-order valence-electron chi connectivity index (χ0n) is 6.72. The minimum atomic E-state index is -3.26. The third-order valence-corrected chi connectivity index (χ3v) is 1.68. The van der Waals surface area contributed by atoms with Gasteiger partial charge in [-0.15, -0.1) is 0 Å². The Morgan fingerprint density at radius 3 is 1.29 bits per heavy atom. The first-order valence-corrected chi connectivity index (χ1v) is 3.56. The minimum absolute atomic E-state index is 0.739. The molecule has 0 saturated carbocycles. The standard InChI is InChI=1S/C8H6F4O2/c9-7(10)5-3(13)1-2-4(14)6(5)8(11)12/h1-2,7-8,13-14H. The van der Waals surface area contributed by atoms with E-state index in [1.165, 1.54) is 0 Å². The molecule has 0 radical (unpaired) electrons. The number of hydrogen-bond donors (Lipinski definition) is 2. The minimum Gasteiger partial charge on any atom is -0.507 e. The molecule has 0 aromatic heterocycles. The van der Waals surface area contributed by atoms with Crippen molar-refractivity contribution < 1.29 is 27.8 Å². The van der Waals surface area contributed by atoms with E-state index >= 15 is 0 Å². The van der Waals surface area contributed by atoms with E-state index < -0.39 is 35.5 Å². The third-order valence-electron chi connectivity index (χ3n) is 1.68. The Bertz CT molecular complexity index is 305. The van der Waals surface area contributed by atoms with Crippen molar-refractivity contribution in [3.8, 4) is 11.5 Å². The highest BCUT2D eigenvalue weighted by Crippen LogP contribution is 2.41. The molecule has 0 aliphatic rings. The van der Waals surface area contributed by atoms with E-state index in [0.29, 0.717) is 0 Å². The maximum atomic E-state index is 12.2. The molecule has 1 aromatic carbocycles. The van der Waals surface area contributed by atoms with Crippen LogP contribution in [0, 0.1) is 0 Å². The molecule has 0 fully saturated rings. The van der Waals surface area contributed by atoms with Gasteiger partial charge in [0.25, 0.3) is 12.9 Å². The van der Waals surface area contributed by atoms with Crippen LogP contribution in [-0.4, -0.2) is 10.2 Å². The smallest absolute Gasteiger partial charge is 0.268 e. The second-order valence-electron chi connectivity index (χ2n) is 2.53. The molecule has 78 valence electrons. The van der Waals surface area contributed by atoms with E-state index in [-0.39, 0.29) is 0 Å². The summed E-state index contributed by atoms with van der Waals surface area (Å²) in [6.45, 7) is 0. The van der Waals surface area contributed by atoms with E-state index in [0.717, 1.165) is 12.1 Å². The molecule has 2 nitrogen and oxygen atoms in total. The maximum absolute atomic E-state index is 12.2. The first kappa shape index (κ1) is 10.6. The van der Waals surface area contributed by atoms with Gasteiger partial charge in [-0.1, -0.05) is 0 Å². The Kier molecular flexibility index (Phi) is 2.83. The van der Waals surface area contributed by atoms with Crippen LogP contribution >= 0.6 is 0 Å². The van der Waals surface area contributed by atoms with Gasteiger partial charge in [-0.05, 0) is 12.1 Å². The van der Waals surface area contributed by atoms with Gasteiger partial charge in [0.05, 0.1) is 11.1 Å². The Labute approximate surface area is 76.4 Å². The summed E-state index contributed by atoms with van der Waals surface area (Å²) in [6.07, 6.45) is -6.52. The van der Waals surface area contributed by atoms with Gasteiger partial charge in [0.1, 0.15) is 11.5 Å². The second kappa shape index (κ2) is 3.73. The number of benzene rings is 1. The molecule has 0 spiro atoms. The van der Waals surface area contributed by atoms with Crippen LogP contribution < -0.4 is 0 Å². The first-order chi connectivity index (χ1) is 6.45. The van der Waals surface area contributed by atoms with Crippen molar-refractivity contribution in [2.24, 2.45) is 0 Å². The molecule has 6 heteroatoms. The lowest BCUT2D eigenvalue weighted by Crippen LogP contribution is -1.96. The van der Waals surface area contributed by atoms with Gasteiger partial charge in [-0.3, -0.25) is 0 Å². The van der Waals surface area contributed by atoms with Crippen LogP contribution in [0.5, 0.6) is 11.5 Å². The van der Waals surface area contributed by atoms with Gasteiger partial charge in [0.2, 0.25) is 0 Å². The lowest BCUT2D eigenvalue weighted by atomic mass is 10.1. The SMILES string of the molecule is Oc1ccc(O)c(C(F)F)c1C(F)F. The quantitative estimate of drug-likeness (QED) is 0.581. The number of halogens is 4. The highest BCUT2D eigenvalue weighted by Gasteiger charge is 2.26. The third kappa shape index (κ3) is 1.73. The zero-order valence-corrected chi connectivity index (χ0v) is 6.72. The maximum Gasteiger partial charge on any atom is 0.268 e. The molecule has 0 heterocycles. The van der Waals surface area contributed by atoms with Crippen molar-refractivity contribution >= 4 is 0 Å². The fraction of sp³-hybridized carbons (Fsp3) is 0.250. The van der Waals surface area contributed by atoms with Crippen LogP contribution in [-0.2, 0) is 0 Å². The predicted octanol–water partition coefficient (Wildman–Crippen LogP) is 2.97. The van der Waals surface area contributed by atoms with E-state index in [4.69, 9.17) is 10.2 Å². The van der Waals surface area contributed by atoms with Gasteiger partial charge < -0.3 is 10.2 Å². The molecule has 2 N–H and O–H groups in total. The van der Waals surface area contributed by atoms with E-state index in [2.05, 4.69) is 0 Å². The summed E-state index contributed by atoms with van der Waals surface area (Å²) in [5.41, 5.74) is -2.44. The molecule has 0 bridgehead atoms. The summed E-state index contributed by atoms with van der Waals surface area (Å²) < 4.78 is 48.9. The van der Waals surface area contributed by atoms with Crippen LogP contribution in [0.1, 0.15) is 24.0 Å². The molecule has 1 aromatic rings. The van der Waals surface area contributed by atoms with Gasteiger partial charge in [0, 0.05) is 0 Å². The summed E-state index contributed by atoms with van der Waals surface area (Å²) in [4.78, 5) is 0. The van der Waals surface area contributed by atoms with Gasteiger partial charge >= 0.3 is 0 Å². The van der Waals surface area contributed by atoms with E-state index in [1.54, 1.807) is 0 Å². The summed E-state index contributed by atoms with van der Waals surface area (Å²) in [5, 5.41) is 17.8. The van der Waals surface area contributed by atoms with Gasteiger partial charge in [0.15, 0.2) is 0 Å². The topological polar surface area (TPSA) is 40.5 Å². The summed E-state index contributed by atoms with van der Waals surface area (Å²) in [7, 11) is 0. The average molecular weight is 210 g/mol. The second-order valence-corrected chi connectivity index (χ2v) is 2.53. The van der Waals surface area contributed by atoms with Crippen molar-refractivity contribution in [1.82, 2.24) is 0 Å². The van der Waals surface area contributed by atoms with Gasteiger partial charge in [-0.2, -0.15) is 0 Å². The van der Waals surface area contributed by atoms with Crippen LogP contribution in [0.15, 0.2) is 12.1 Å². The molecule has 0 atom stereocenters. The lowest BCUT2D eigenvalue weighted by Gasteiger charge is -2.11. The highest BCUT2D eigenvalue weighted by molar-refractivity contribution is 5.48. The molecular formula is C8H6F4O2. The monoisotopic (exact) mass is 210 g/mol. The summed E-state index contributed by atoms with van der Waals surface area (Å²) >= 11 is 0. The highest BCUT2D eigenvalue weighted by atomic mass is 19.3.